The predicted molar refractivity (Wildman–Crippen MR) is 61.3 cm³/mol. The summed E-state index contributed by atoms with van der Waals surface area (Å²) in [5.41, 5.74) is 1.16. The molecule has 1 N–H and O–H groups in total. The van der Waals surface area contributed by atoms with Crippen LogP contribution in [-0.2, 0) is 4.74 Å². The Hall–Kier alpha value is -1.06. The first-order valence-electron chi connectivity index (χ1n) is 5.22. The second kappa shape index (κ2) is 6.43. The van der Waals surface area contributed by atoms with Crippen LogP contribution >= 0.6 is 0 Å². The van der Waals surface area contributed by atoms with Crippen LogP contribution in [0.2, 0.25) is 0 Å². The minimum absolute atomic E-state index is 0.102. The van der Waals surface area contributed by atoms with Crippen molar-refractivity contribution in [2.75, 3.05) is 27.3 Å². The minimum atomic E-state index is 0.102. The van der Waals surface area contributed by atoms with E-state index in [0.717, 1.165) is 17.9 Å². The smallest absolute Gasteiger partial charge is 0.119 e. The molecule has 0 aliphatic heterocycles. The van der Waals surface area contributed by atoms with Crippen molar-refractivity contribution < 1.29 is 9.47 Å². The summed E-state index contributed by atoms with van der Waals surface area (Å²) in [4.78, 5) is 0. The molecule has 3 heteroatoms. The topological polar surface area (TPSA) is 30.5 Å². The van der Waals surface area contributed by atoms with Gasteiger partial charge in [0.2, 0.25) is 0 Å². The van der Waals surface area contributed by atoms with E-state index in [1.807, 2.05) is 38.2 Å². The molecule has 0 saturated heterocycles. The zero-order valence-electron chi connectivity index (χ0n) is 9.62. The average molecular weight is 209 g/mol. The summed E-state index contributed by atoms with van der Waals surface area (Å²) in [6, 6.07) is 8.02. The van der Waals surface area contributed by atoms with Gasteiger partial charge in [0.1, 0.15) is 5.75 Å². The van der Waals surface area contributed by atoms with Crippen LogP contribution < -0.4 is 10.1 Å². The average Bonchev–Trinajstić information content (AvgIpc) is 2.28. The van der Waals surface area contributed by atoms with Crippen LogP contribution in [-0.4, -0.2) is 27.3 Å². The molecular weight excluding hydrogens is 190 g/mol. The van der Waals surface area contributed by atoms with Gasteiger partial charge in [-0.3, -0.25) is 0 Å². The summed E-state index contributed by atoms with van der Waals surface area (Å²) >= 11 is 0. The number of methoxy groups -OCH3 is 1. The highest BCUT2D eigenvalue weighted by atomic mass is 16.5. The lowest BCUT2D eigenvalue weighted by Gasteiger charge is -2.15. The van der Waals surface area contributed by atoms with Gasteiger partial charge >= 0.3 is 0 Å². The van der Waals surface area contributed by atoms with Crippen molar-refractivity contribution in [3.05, 3.63) is 29.8 Å². The molecule has 0 amide bonds. The number of nitrogens with one attached hydrogen (secondary N) is 1. The first-order valence-corrected chi connectivity index (χ1v) is 5.22. The third kappa shape index (κ3) is 3.53. The van der Waals surface area contributed by atoms with Crippen LogP contribution in [0.3, 0.4) is 0 Å². The maximum atomic E-state index is 5.38. The van der Waals surface area contributed by atoms with Gasteiger partial charge in [0.15, 0.2) is 0 Å². The lowest BCUT2D eigenvalue weighted by Crippen LogP contribution is -2.18. The Labute approximate surface area is 91.4 Å². The molecule has 0 heterocycles. The number of rotatable bonds is 6. The van der Waals surface area contributed by atoms with E-state index in [1.165, 1.54) is 0 Å². The Balaban J connectivity index is 2.68. The number of benzene rings is 1. The van der Waals surface area contributed by atoms with Crippen LogP contribution in [0.25, 0.3) is 0 Å². The second-order valence-electron chi connectivity index (χ2n) is 3.28. The highest BCUT2D eigenvalue weighted by molar-refractivity contribution is 5.28. The monoisotopic (exact) mass is 209 g/mol. The van der Waals surface area contributed by atoms with Gasteiger partial charge in [-0.15, -0.1) is 0 Å². The van der Waals surface area contributed by atoms with Crippen LogP contribution in [0.4, 0.5) is 0 Å². The molecule has 1 aromatic carbocycles. The summed E-state index contributed by atoms with van der Waals surface area (Å²) in [6.45, 7) is 3.49. The first-order chi connectivity index (χ1) is 7.31. The van der Waals surface area contributed by atoms with E-state index in [4.69, 9.17) is 9.47 Å². The van der Waals surface area contributed by atoms with Crippen molar-refractivity contribution in [1.82, 2.24) is 5.32 Å². The van der Waals surface area contributed by atoms with Crippen LogP contribution in [0.1, 0.15) is 18.6 Å². The minimum Gasteiger partial charge on any atom is -0.494 e. The molecule has 0 unspecified atom stereocenters. The van der Waals surface area contributed by atoms with Crippen molar-refractivity contribution in [2.24, 2.45) is 0 Å². The van der Waals surface area contributed by atoms with E-state index in [9.17, 15) is 0 Å². The van der Waals surface area contributed by atoms with Gasteiger partial charge < -0.3 is 14.8 Å². The molecule has 0 bridgehead atoms. The Kier molecular flexibility index (Phi) is 5.15. The molecule has 1 aromatic rings. The highest BCUT2D eigenvalue weighted by Gasteiger charge is 2.08. The molecule has 15 heavy (non-hydrogen) atoms. The third-order valence-corrected chi connectivity index (χ3v) is 2.24. The molecule has 3 nitrogen and oxygen atoms in total. The molecule has 84 valence electrons. The lowest BCUT2D eigenvalue weighted by molar-refractivity contribution is 0.104. The first kappa shape index (κ1) is 12.0. The maximum Gasteiger partial charge on any atom is 0.119 e. The molecule has 0 saturated carbocycles. The molecule has 0 aromatic heterocycles. The van der Waals surface area contributed by atoms with Gasteiger partial charge in [0, 0.05) is 13.7 Å². The number of hydrogen-bond acceptors (Lipinski definition) is 3. The number of likely N-dealkylation sites (N-methyl/N-ethyl adjacent to an activating group) is 1. The van der Waals surface area contributed by atoms with E-state index in [0.29, 0.717) is 6.61 Å². The largest absolute Gasteiger partial charge is 0.494 e. The third-order valence-electron chi connectivity index (χ3n) is 2.24. The normalized spacial score (nSPS) is 12.5. The zero-order chi connectivity index (χ0) is 11.1. The van der Waals surface area contributed by atoms with Crippen LogP contribution in [0, 0.1) is 0 Å². The molecule has 1 atom stereocenters. The van der Waals surface area contributed by atoms with E-state index in [-0.39, 0.29) is 6.10 Å². The van der Waals surface area contributed by atoms with Crippen molar-refractivity contribution in [3.8, 4) is 5.75 Å². The van der Waals surface area contributed by atoms with E-state index in [2.05, 4.69) is 5.32 Å². The van der Waals surface area contributed by atoms with Crippen molar-refractivity contribution in [1.29, 1.82) is 0 Å². The van der Waals surface area contributed by atoms with Crippen LogP contribution in [0.15, 0.2) is 24.3 Å². The second-order valence-corrected chi connectivity index (χ2v) is 3.28. The molecule has 0 aliphatic carbocycles. The van der Waals surface area contributed by atoms with Gasteiger partial charge in [-0.25, -0.2) is 0 Å². The van der Waals surface area contributed by atoms with Gasteiger partial charge in [0.05, 0.1) is 12.7 Å². The summed E-state index contributed by atoms with van der Waals surface area (Å²) in [7, 11) is 3.64. The van der Waals surface area contributed by atoms with E-state index >= 15 is 0 Å². The molecule has 0 aliphatic rings. The van der Waals surface area contributed by atoms with Crippen molar-refractivity contribution in [3.63, 3.8) is 0 Å². The Morgan fingerprint density at radius 2 is 1.93 bits per heavy atom. The quantitative estimate of drug-likeness (QED) is 0.777. The van der Waals surface area contributed by atoms with Crippen molar-refractivity contribution in [2.45, 2.75) is 13.0 Å². The predicted octanol–water partition coefficient (Wildman–Crippen LogP) is 1.99. The van der Waals surface area contributed by atoms with Gasteiger partial charge in [0.25, 0.3) is 0 Å². The van der Waals surface area contributed by atoms with Crippen LogP contribution in [0.5, 0.6) is 5.75 Å². The SMILES string of the molecule is CCOc1ccc([C@@H](CNC)OC)cc1. The standard InChI is InChI=1S/C12H19NO2/c1-4-15-11-7-5-10(6-8-11)12(14-3)9-13-2/h5-8,12-13H,4,9H2,1-3H3/t12-/m1/s1. The summed E-state index contributed by atoms with van der Waals surface area (Å²) in [6.07, 6.45) is 0.102. The number of ether oxygens (including phenoxy) is 2. The Morgan fingerprint density at radius 1 is 1.27 bits per heavy atom. The Bertz CT molecular complexity index is 271. The molecule has 0 radical (unpaired) electrons. The maximum absolute atomic E-state index is 5.38. The fraction of sp³-hybridized carbons (Fsp3) is 0.500. The molecular formula is C12H19NO2. The van der Waals surface area contributed by atoms with Gasteiger partial charge in [-0.1, -0.05) is 12.1 Å². The van der Waals surface area contributed by atoms with Crippen molar-refractivity contribution >= 4 is 0 Å². The summed E-state index contributed by atoms with van der Waals surface area (Å²) in [5.74, 6) is 0.903. The fourth-order valence-electron chi connectivity index (χ4n) is 1.47. The fourth-order valence-corrected chi connectivity index (χ4v) is 1.47. The molecule has 0 fully saturated rings. The van der Waals surface area contributed by atoms with Gasteiger partial charge in [-0.2, -0.15) is 0 Å². The van der Waals surface area contributed by atoms with E-state index < -0.39 is 0 Å². The highest BCUT2D eigenvalue weighted by Crippen LogP contribution is 2.19. The summed E-state index contributed by atoms with van der Waals surface area (Å²) < 4.78 is 10.8. The number of hydrogen-bond donors (Lipinski definition) is 1. The zero-order valence-corrected chi connectivity index (χ0v) is 9.62. The lowest BCUT2D eigenvalue weighted by atomic mass is 10.1. The van der Waals surface area contributed by atoms with E-state index in [1.54, 1.807) is 7.11 Å². The molecule has 0 spiro atoms. The Morgan fingerprint density at radius 3 is 2.40 bits per heavy atom. The van der Waals surface area contributed by atoms with Gasteiger partial charge in [-0.05, 0) is 31.7 Å². The molecule has 1 rings (SSSR count). The summed E-state index contributed by atoms with van der Waals surface area (Å²) in [5, 5.41) is 3.10.